The van der Waals surface area contributed by atoms with Gasteiger partial charge in [0.2, 0.25) is 0 Å². The predicted molar refractivity (Wildman–Crippen MR) is 158 cm³/mol. The highest BCUT2D eigenvalue weighted by molar-refractivity contribution is 6.08. The van der Waals surface area contributed by atoms with Crippen LogP contribution in [0.4, 0.5) is 5.69 Å². The fraction of sp³-hybridized carbons (Fsp3) is 0.387. The molecule has 1 aliphatic rings. The zero-order valence-electron chi connectivity index (χ0n) is 23.7. The summed E-state index contributed by atoms with van der Waals surface area (Å²) < 4.78 is 7.72. The monoisotopic (exact) mass is 542 g/mol. The number of carbonyl (C=O) groups is 1. The largest absolute Gasteiger partial charge is 0.496 e. The van der Waals surface area contributed by atoms with E-state index in [4.69, 9.17) is 10.5 Å². The van der Waals surface area contributed by atoms with Crippen LogP contribution in [-0.2, 0) is 13.1 Å². The van der Waals surface area contributed by atoms with Gasteiger partial charge in [0, 0.05) is 58.5 Å². The summed E-state index contributed by atoms with van der Waals surface area (Å²) in [6.45, 7) is 8.94. The lowest BCUT2D eigenvalue weighted by molar-refractivity contribution is 0.0951. The second kappa shape index (κ2) is 11.6. The second-order valence-corrected chi connectivity index (χ2v) is 10.8. The van der Waals surface area contributed by atoms with Crippen LogP contribution in [0.25, 0.3) is 10.9 Å². The van der Waals surface area contributed by atoms with E-state index in [1.165, 1.54) is 7.11 Å². The molecule has 9 heteroatoms. The van der Waals surface area contributed by atoms with Gasteiger partial charge in [-0.3, -0.25) is 19.5 Å². The Balaban J connectivity index is 1.34. The number of nitrogen functional groups attached to an aromatic ring is 1. The van der Waals surface area contributed by atoms with Crippen molar-refractivity contribution >= 4 is 22.5 Å². The van der Waals surface area contributed by atoms with Crippen molar-refractivity contribution in [2.75, 3.05) is 25.9 Å². The maximum atomic E-state index is 13.6. The molecule has 4 heterocycles. The van der Waals surface area contributed by atoms with E-state index in [0.717, 1.165) is 60.3 Å². The highest BCUT2D eigenvalue weighted by Crippen LogP contribution is 2.36. The van der Waals surface area contributed by atoms with Gasteiger partial charge in [0.25, 0.3) is 11.5 Å². The van der Waals surface area contributed by atoms with E-state index in [0.29, 0.717) is 28.5 Å². The second-order valence-electron chi connectivity index (χ2n) is 10.8. The highest BCUT2D eigenvalue weighted by Gasteiger charge is 2.29. The molecule has 1 saturated heterocycles. The number of aromatic nitrogens is 3. The maximum Gasteiger partial charge on any atom is 0.256 e. The number of pyridine rings is 2. The summed E-state index contributed by atoms with van der Waals surface area (Å²) in [5, 5.41) is 3.89. The standard InChI is InChI=1S/C31H38N6O3/c1-19-15-28(40-4)25(30(38)35-19)17-34-31(39)29-21(3)37(27-8-6-5-7-24(27)29)20(2)22-10-13-36(14-11-22)18-23-16-33-12-9-26(23)32/h5-9,12,15-16,20,22H,10-11,13-14,17-18H2,1-4H3,(H2,32,33)(H,34,39)(H,35,38). The van der Waals surface area contributed by atoms with Crippen molar-refractivity contribution < 1.29 is 9.53 Å². The first-order valence-electron chi connectivity index (χ1n) is 13.8. The van der Waals surface area contributed by atoms with E-state index in [1.807, 2.05) is 37.4 Å². The third-order valence-electron chi connectivity index (χ3n) is 8.32. The Kier molecular flexibility index (Phi) is 7.93. The lowest BCUT2D eigenvalue weighted by Crippen LogP contribution is -2.36. The molecule has 4 aromatic rings. The van der Waals surface area contributed by atoms with Gasteiger partial charge in [0.1, 0.15) is 5.75 Å². The van der Waals surface area contributed by atoms with Crippen molar-refractivity contribution in [2.45, 2.75) is 52.7 Å². The number of nitrogens with zero attached hydrogens (tertiary/aromatic N) is 3. The molecule has 0 spiro atoms. The molecular weight excluding hydrogens is 504 g/mol. The van der Waals surface area contributed by atoms with Gasteiger partial charge < -0.3 is 25.3 Å². The fourth-order valence-electron chi connectivity index (χ4n) is 6.11. The van der Waals surface area contributed by atoms with Crippen molar-refractivity contribution in [1.82, 2.24) is 24.8 Å². The van der Waals surface area contributed by atoms with Gasteiger partial charge in [0.15, 0.2) is 0 Å². The van der Waals surface area contributed by atoms with Gasteiger partial charge in [-0.1, -0.05) is 18.2 Å². The molecule has 210 valence electrons. The fourth-order valence-corrected chi connectivity index (χ4v) is 6.11. The van der Waals surface area contributed by atoms with Crippen LogP contribution in [-0.4, -0.2) is 45.5 Å². The van der Waals surface area contributed by atoms with Gasteiger partial charge in [0.05, 0.1) is 24.8 Å². The molecule has 4 N–H and O–H groups in total. The molecule has 0 saturated carbocycles. The summed E-state index contributed by atoms with van der Waals surface area (Å²) in [5.74, 6) is 0.737. The lowest BCUT2D eigenvalue weighted by atomic mass is 9.89. The maximum absolute atomic E-state index is 13.6. The van der Waals surface area contributed by atoms with Gasteiger partial charge in [-0.2, -0.15) is 0 Å². The Hall–Kier alpha value is -4.11. The molecule has 1 atom stereocenters. The van der Waals surface area contributed by atoms with E-state index in [9.17, 15) is 9.59 Å². The van der Waals surface area contributed by atoms with Gasteiger partial charge >= 0.3 is 0 Å². The number of rotatable bonds is 8. The summed E-state index contributed by atoms with van der Waals surface area (Å²) in [5.41, 5.74) is 11.5. The smallest absolute Gasteiger partial charge is 0.256 e. The Morgan fingerprint density at radius 2 is 1.98 bits per heavy atom. The first kappa shape index (κ1) is 27.5. The third kappa shape index (κ3) is 5.34. The number of fused-ring (bicyclic) bond motifs is 1. The van der Waals surface area contributed by atoms with Crippen molar-refractivity contribution in [3.05, 3.63) is 87.2 Å². The molecule has 1 unspecified atom stereocenters. The van der Waals surface area contributed by atoms with Crippen LogP contribution in [0.15, 0.2) is 53.6 Å². The van der Waals surface area contributed by atoms with E-state index in [-0.39, 0.29) is 24.1 Å². The summed E-state index contributed by atoms with van der Waals surface area (Å²) in [6, 6.07) is 11.9. The number of H-pyrrole nitrogens is 1. The number of piperidine rings is 1. The number of carbonyl (C=O) groups excluding carboxylic acids is 1. The average molecular weight is 543 g/mol. The van der Waals surface area contributed by atoms with Crippen molar-refractivity contribution in [2.24, 2.45) is 5.92 Å². The van der Waals surface area contributed by atoms with Crippen LogP contribution >= 0.6 is 0 Å². The zero-order chi connectivity index (χ0) is 28.4. The zero-order valence-corrected chi connectivity index (χ0v) is 23.7. The van der Waals surface area contributed by atoms with Crippen molar-refractivity contribution in [1.29, 1.82) is 0 Å². The normalized spacial score (nSPS) is 15.3. The average Bonchev–Trinajstić information content (AvgIpc) is 3.25. The Morgan fingerprint density at radius 3 is 2.70 bits per heavy atom. The number of amides is 1. The summed E-state index contributed by atoms with van der Waals surface area (Å²) in [7, 11) is 1.53. The van der Waals surface area contributed by atoms with Crippen molar-refractivity contribution in [3.63, 3.8) is 0 Å². The van der Waals surface area contributed by atoms with Gasteiger partial charge in [-0.15, -0.1) is 0 Å². The molecule has 0 bridgehead atoms. The predicted octanol–water partition coefficient (Wildman–Crippen LogP) is 4.34. The number of ether oxygens (including phenoxy) is 1. The number of aromatic amines is 1. The Bertz CT molecular complexity index is 1580. The number of anilines is 1. The number of methoxy groups -OCH3 is 1. The minimum absolute atomic E-state index is 0.0754. The molecule has 0 radical (unpaired) electrons. The molecule has 9 nitrogen and oxygen atoms in total. The van der Waals surface area contributed by atoms with E-state index < -0.39 is 0 Å². The number of nitrogens with two attached hydrogens (primary N) is 1. The number of hydrogen-bond acceptors (Lipinski definition) is 6. The number of para-hydroxylation sites is 1. The van der Waals surface area contributed by atoms with Crippen LogP contribution < -0.4 is 21.3 Å². The quantitative estimate of drug-likeness (QED) is 0.305. The van der Waals surface area contributed by atoms with Crippen LogP contribution in [0.3, 0.4) is 0 Å². The summed E-state index contributed by atoms with van der Waals surface area (Å²) in [4.78, 5) is 35.6. The topological polar surface area (TPSA) is 118 Å². The molecule has 5 rings (SSSR count). The van der Waals surface area contributed by atoms with Crippen LogP contribution in [0, 0.1) is 19.8 Å². The SMILES string of the molecule is COc1cc(C)[nH]c(=O)c1CNC(=O)c1c(C)n(C(C)C2CCN(Cc3cnccc3N)CC2)c2ccccc12. The molecule has 40 heavy (non-hydrogen) atoms. The minimum atomic E-state index is -0.262. The Morgan fingerprint density at radius 1 is 1.23 bits per heavy atom. The highest BCUT2D eigenvalue weighted by atomic mass is 16.5. The summed E-state index contributed by atoms with van der Waals surface area (Å²) >= 11 is 0. The van der Waals surface area contributed by atoms with E-state index in [1.54, 1.807) is 19.2 Å². The molecular formula is C31H38N6O3. The molecule has 3 aromatic heterocycles. The number of benzene rings is 1. The van der Waals surface area contributed by atoms with Crippen molar-refractivity contribution in [3.8, 4) is 5.75 Å². The minimum Gasteiger partial charge on any atom is -0.496 e. The van der Waals surface area contributed by atoms with Gasteiger partial charge in [-0.25, -0.2) is 0 Å². The Labute approximate surface area is 234 Å². The van der Waals surface area contributed by atoms with E-state index in [2.05, 4.69) is 37.7 Å². The molecule has 1 aromatic carbocycles. The molecule has 1 aliphatic heterocycles. The number of hydrogen-bond donors (Lipinski definition) is 3. The lowest BCUT2D eigenvalue weighted by Gasteiger charge is -2.36. The van der Waals surface area contributed by atoms with Crippen LogP contribution in [0.5, 0.6) is 5.75 Å². The molecule has 0 aliphatic carbocycles. The number of nitrogens with one attached hydrogen (secondary N) is 2. The first-order chi connectivity index (χ1) is 19.3. The number of likely N-dealkylation sites (tertiary alicyclic amines) is 1. The van der Waals surface area contributed by atoms with Crippen LogP contribution in [0.1, 0.15) is 58.7 Å². The van der Waals surface area contributed by atoms with Crippen LogP contribution in [0.2, 0.25) is 0 Å². The molecule has 1 amide bonds. The third-order valence-corrected chi connectivity index (χ3v) is 8.32. The summed E-state index contributed by atoms with van der Waals surface area (Å²) in [6.07, 6.45) is 5.71. The van der Waals surface area contributed by atoms with E-state index >= 15 is 0 Å². The number of aryl methyl sites for hydroxylation is 1. The van der Waals surface area contributed by atoms with Gasteiger partial charge in [-0.05, 0) is 70.8 Å². The molecule has 1 fully saturated rings. The first-order valence-corrected chi connectivity index (χ1v) is 13.8.